The molecule has 0 aliphatic rings. The van der Waals surface area contributed by atoms with Crippen molar-refractivity contribution in [1.82, 2.24) is 29.5 Å². The maximum atomic E-state index is 6.32. The average molecular weight is 467 g/mol. The van der Waals surface area contributed by atoms with Crippen molar-refractivity contribution in [3.63, 3.8) is 0 Å². The molecule has 0 atom stereocenters. The summed E-state index contributed by atoms with van der Waals surface area (Å²) < 4.78 is 16.0. The molecule has 0 bridgehead atoms. The SMILES string of the molecule is CCOCc1nc2c(N)nc3ccccc3c2n1CC(C)(C)OCCCCn1cc(CN)nn1. The molecular weight excluding hydrogens is 432 g/mol. The molecule has 10 nitrogen and oxygen atoms in total. The van der Waals surface area contributed by atoms with E-state index in [9.17, 15) is 0 Å². The Labute approximate surface area is 199 Å². The van der Waals surface area contributed by atoms with Crippen LogP contribution in [0.15, 0.2) is 30.5 Å². The smallest absolute Gasteiger partial charge is 0.152 e. The standard InChI is InChI=1S/C24H34N8O2/c1-4-33-15-20-28-21-22(18-9-5-6-10-19(18)27-23(21)26)32(20)16-24(2,3)34-12-8-7-11-31-14-17(13-25)29-30-31/h5-6,9-10,14H,4,7-8,11-13,15-16,25H2,1-3H3,(H2,26,27). The highest BCUT2D eigenvalue weighted by atomic mass is 16.5. The second-order valence-corrected chi connectivity index (χ2v) is 8.96. The maximum Gasteiger partial charge on any atom is 0.152 e. The molecule has 0 unspecified atom stereocenters. The molecule has 0 fully saturated rings. The number of hydrogen-bond donors (Lipinski definition) is 2. The molecule has 0 amide bonds. The van der Waals surface area contributed by atoms with Crippen LogP contribution in [-0.2, 0) is 35.7 Å². The number of ether oxygens (including phenoxy) is 2. The molecule has 0 radical (unpaired) electrons. The first kappa shape index (κ1) is 24.1. The summed E-state index contributed by atoms with van der Waals surface area (Å²) in [6, 6.07) is 8.00. The largest absolute Gasteiger partial charge is 0.382 e. The van der Waals surface area contributed by atoms with Crippen LogP contribution in [0.2, 0.25) is 0 Å². The Morgan fingerprint density at radius 1 is 1.12 bits per heavy atom. The lowest BCUT2D eigenvalue weighted by atomic mass is 10.1. The minimum Gasteiger partial charge on any atom is -0.382 e. The molecule has 182 valence electrons. The fourth-order valence-electron chi connectivity index (χ4n) is 4.07. The van der Waals surface area contributed by atoms with Gasteiger partial charge in [0.05, 0.1) is 28.9 Å². The number of benzene rings is 1. The van der Waals surface area contributed by atoms with E-state index < -0.39 is 5.60 Å². The molecule has 1 aromatic carbocycles. The van der Waals surface area contributed by atoms with Gasteiger partial charge in [-0.1, -0.05) is 23.4 Å². The van der Waals surface area contributed by atoms with Gasteiger partial charge in [0.2, 0.25) is 0 Å². The van der Waals surface area contributed by atoms with Crippen molar-refractivity contribution in [2.75, 3.05) is 18.9 Å². The molecular formula is C24H34N8O2. The lowest BCUT2D eigenvalue weighted by Crippen LogP contribution is -2.32. The van der Waals surface area contributed by atoms with Gasteiger partial charge in [0.25, 0.3) is 0 Å². The third-order valence-corrected chi connectivity index (χ3v) is 5.73. The molecule has 4 rings (SSSR count). The Balaban J connectivity index is 1.49. The topological polar surface area (TPSA) is 132 Å². The Kier molecular flexibility index (Phi) is 7.40. The van der Waals surface area contributed by atoms with Crippen molar-refractivity contribution >= 4 is 27.8 Å². The van der Waals surface area contributed by atoms with E-state index in [-0.39, 0.29) is 0 Å². The van der Waals surface area contributed by atoms with E-state index in [2.05, 4.69) is 39.8 Å². The zero-order valence-electron chi connectivity index (χ0n) is 20.2. The van der Waals surface area contributed by atoms with Crippen LogP contribution in [0.3, 0.4) is 0 Å². The Morgan fingerprint density at radius 2 is 1.94 bits per heavy atom. The van der Waals surface area contributed by atoms with Crippen molar-refractivity contribution in [3.05, 3.63) is 42.0 Å². The van der Waals surface area contributed by atoms with Gasteiger partial charge in [-0.2, -0.15) is 0 Å². The summed E-state index contributed by atoms with van der Waals surface area (Å²) in [5.41, 5.74) is 14.8. The van der Waals surface area contributed by atoms with Gasteiger partial charge in [0.1, 0.15) is 17.9 Å². The van der Waals surface area contributed by atoms with Gasteiger partial charge in [-0.05, 0) is 39.7 Å². The third-order valence-electron chi connectivity index (χ3n) is 5.73. The predicted octanol–water partition coefficient (Wildman–Crippen LogP) is 3.03. The summed E-state index contributed by atoms with van der Waals surface area (Å²) >= 11 is 0. The highest BCUT2D eigenvalue weighted by Crippen LogP contribution is 2.30. The quantitative estimate of drug-likeness (QED) is 0.305. The summed E-state index contributed by atoms with van der Waals surface area (Å²) in [5, 5.41) is 9.12. The van der Waals surface area contributed by atoms with Gasteiger partial charge in [0.15, 0.2) is 5.82 Å². The first-order valence-electron chi connectivity index (χ1n) is 11.8. The van der Waals surface area contributed by atoms with E-state index in [4.69, 9.17) is 25.9 Å². The number of nitrogen functional groups attached to an aromatic ring is 1. The highest BCUT2D eigenvalue weighted by molar-refractivity contribution is 6.06. The zero-order valence-corrected chi connectivity index (χ0v) is 20.2. The van der Waals surface area contributed by atoms with Gasteiger partial charge < -0.3 is 25.5 Å². The number of unbranched alkanes of at least 4 members (excludes halogenated alkanes) is 1. The minimum atomic E-state index is -0.423. The fraction of sp³-hybridized carbons (Fsp3) is 0.500. The van der Waals surface area contributed by atoms with Gasteiger partial charge in [-0.25, -0.2) is 9.97 Å². The molecule has 10 heteroatoms. The number of anilines is 1. The van der Waals surface area contributed by atoms with Crippen LogP contribution >= 0.6 is 0 Å². The number of aromatic nitrogens is 6. The first-order chi connectivity index (χ1) is 16.4. The average Bonchev–Trinajstić information content (AvgIpc) is 3.42. The number of fused-ring (bicyclic) bond motifs is 3. The summed E-state index contributed by atoms with van der Waals surface area (Å²) in [6.07, 6.45) is 3.75. The summed E-state index contributed by atoms with van der Waals surface area (Å²) in [7, 11) is 0. The number of hydrogen-bond acceptors (Lipinski definition) is 8. The number of nitrogens with zero attached hydrogens (tertiary/aromatic N) is 6. The summed E-state index contributed by atoms with van der Waals surface area (Å²) in [4.78, 5) is 9.36. The highest BCUT2D eigenvalue weighted by Gasteiger charge is 2.25. The van der Waals surface area contributed by atoms with Crippen molar-refractivity contribution in [2.45, 2.75) is 65.5 Å². The summed E-state index contributed by atoms with van der Waals surface area (Å²) in [5.74, 6) is 1.25. The fourth-order valence-corrected chi connectivity index (χ4v) is 4.07. The van der Waals surface area contributed by atoms with Crippen LogP contribution in [0.4, 0.5) is 5.82 Å². The zero-order chi connectivity index (χ0) is 24.1. The van der Waals surface area contributed by atoms with E-state index in [0.29, 0.717) is 44.2 Å². The van der Waals surface area contributed by atoms with Gasteiger partial charge >= 0.3 is 0 Å². The van der Waals surface area contributed by atoms with Crippen LogP contribution in [-0.4, -0.2) is 48.3 Å². The van der Waals surface area contributed by atoms with Crippen molar-refractivity contribution in [3.8, 4) is 0 Å². The van der Waals surface area contributed by atoms with Crippen molar-refractivity contribution in [1.29, 1.82) is 0 Å². The summed E-state index contributed by atoms with van der Waals surface area (Å²) in [6.45, 7) is 9.63. The second-order valence-electron chi connectivity index (χ2n) is 8.96. The molecule has 4 N–H and O–H groups in total. The van der Waals surface area contributed by atoms with Crippen LogP contribution in [0, 0.1) is 0 Å². The minimum absolute atomic E-state index is 0.401. The molecule has 3 heterocycles. The molecule has 0 saturated heterocycles. The molecule has 0 saturated carbocycles. The lowest BCUT2D eigenvalue weighted by Gasteiger charge is -2.27. The Hall–Kier alpha value is -3.08. The number of pyridine rings is 1. The molecule has 3 aromatic heterocycles. The number of rotatable bonds is 12. The van der Waals surface area contributed by atoms with E-state index in [1.165, 1.54) is 0 Å². The first-order valence-corrected chi connectivity index (χ1v) is 11.8. The molecule has 0 aliphatic heterocycles. The normalized spacial score (nSPS) is 12.2. The van der Waals surface area contributed by atoms with Crippen molar-refractivity contribution in [2.24, 2.45) is 5.73 Å². The van der Waals surface area contributed by atoms with Crippen molar-refractivity contribution < 1.29 is 9.47 Å². The monoisotopic (exact) mass is 466 g/mol. The van der Waals surface area contributed by atoms with Crippen LogP contribution < -0.4 is 11.5 Å². The van der Waals surface area contributed by atoms with Crippen LogP contribution in [0.1, 0.15) is 45.1 Å². The predicted molar refractivity (Wildman–Crippen MR) is 132 cm³/mol. The van der Waals surface area contributed by atoms with Gasteiger partial charge in [-0.15, -0.1) is 5.10 Å². The van der Waals surface area contributed by atoms with E-state index in [1.807, 2.05) is 36.0 Å². The second kappa shape index (κ2) is 10.5. The number of nitrogens with two attached hydrogens (primary N) is 2. The number of aryl methyl sites for hydroxylation is 1. The number of para-hydroxylation sites is 1. The Bertz CT molecular complexity index is 1250. The van der Waals surface area contributed by atoms with E-state index >= 15 is 0 Å². The van der Waals surface area contributed by atoms with E-state index in [0.717, 1.165) is 47.3 Å². The van der Waals surface area contributed by atoms with E-state index in [1.54, 1.807) is 0 Å². The number of imidazole rings is 1. The van der Waals surface area contributed by atoms with Gasteiger partial charge in [-0.3, -0.25) is 4.68 Å². The third kappa shape index (κ3) is 5.35. The molecule has 0 aliphatic carbocycles. The van der Waals surface area contributed by atoms with Crippen LogP contribution in [0.25, 0.3) is 21.9 Å². The molecule has 0 spiro atoms. The van der Waals surface area contributed by atoms with Crippen LogP contribution in [0.5, 0.6) is 0 Å². The molecule has 4 aromatic rings. The lowest BCUT2D eigenvalue weighted by molar-refractivity contribution is -0.0317. The van der Waals surface area contributed by atoms with Gasteiger partial charge in [0, 0.05) is 37.9 Å². The Morgan fingerprint density at radius 3 is 2.71 bits per heavy atom. The molecule has 34 heavy (non-hydrogen) atoms. The maximum absolute atomic E-state index is 6.32.